The summed E-state index contributed by atoms with van der Waals surface area (Å²) >= 11 is 0. The highest BCUT2D eigenvalue weighted by atomic mass is 19.4. The Morgan fingerprint density at radius 3 is 2.33 bits per heavy atom. The first-order valence-corrected chi connectivity index (χ1v) is 6.54. The molecule has 0 bridgehead atoms. The van der Waals surface area contributed by atoms with E-state index < -0.39 is 11.7 Å². The fourth-order valence-electron chi connectivity index (χ4n) is 2.06. The molecule has 0 saturated heterocycles. The van der Waals surface area contributed by atoms with Crippen LogP contribution in [0.15, 0.2) is 42.5 Å². The largest absolute Gasteiger partial charge is 0.416 e. The van der Waals surface area contributed by atoms with Crippen molar-refractivity contribution in [2.45, 2.75) is 26.4 Å². The Morgan fingerprint density at radius 2 is 1.71 bits per heavy atom. The van der Waals surface area contributed by atoms with Gasteiger partial charge in [0.1, 0.15) is 0 Å². The fraction of sp³-hybridized carbons (Fsp3) is 0.235. The molecule has 2 aromatic rings. The molecule has 1 nitrogen and oxygen atoms in total. The highest BCUT2D eigenvalue weighted by Gasteiger charge is 2.30. The van der Waals surface area contributed by atoms with Crippen LogP contribution in [0.3, 0.4) is 0 Å². The zero-order valence-electron chi connectivity index (χ0n) is 11.8. The van der Waals surface area contributed by atoms with Gasteiger partial charge in [0.2, 0.25) is 0 Å². The van der Waals surface area contributed by atoms with Crippen LogP contribution >= 0.6 is 0 Å². The molecule has 2 aromatic carbocycles. The minimum Gasteiger partial charge on any atom is -0.294 e. The lowest BCUT2D eigenvalue weighted by Gasteiger charge is -2.09. The number of ketones is 1. The molecule has 0 spiro atoms. The van der Waals surface area contributed by atoms with Gasteiger partial charge in [-0.2, -0.15) is 13.2 Å². The molecule has 0 aliphatic rings. The molecule has 0 aromatic heterocycles. The van der Waals surface area contributed by atoms with Gasteiger partial charge < -0.3 is 0 Å². The first kappa shape index (κ1) is 15.3. The number of alkyl halides is 3. The second-order valence-corrected chi connectivity index (χ2v) is 5.10. The van der Waals surface area contributed by atoms with Crippen LogP contribution in [0.25, 0.3) is 0 Å². The number of aryl methyl sites for hydroxylation is 2. The van der Waals surface area contributed by atoms with Gasteiger partial charge in [-0.05, 0) is 42.7 Å². The van der Waals surface area contributed by atoms with Crippen LogP contribution in [0.1, 0.15) is 32.6 Å². The van der Waals surface area contributed by atoms with E-state index in [4.69, 9.17) is 0 Å². The van der Waals surface area contributed by atoms with Crippen molar-refractivity contribution in [3.63, 3.8) is 0 Å². The van der Waals surface area contributed by atoms with Crippen molar-refractivity contribution in [2.75, 3.05) is 0 Å². The van der Waals surface area contributed by atoms with Gasteiger partial charge in [0, 0.05) is 12.0 Å². The zero-order chi connectivity index (χ0) is 15.6. The van der Waals surface area contributed by atoms with Gasteiger partial charge in [0.15, 0.2) is 5.78 Å². The van der Waals surface area contributed by atoms with Crippen LogP contribution in [0.5, 0.6) is 0 Å². The molecule has 21 heavy (non-hydrogen) atoms. The van der Waals surface area contributed by atoms with E-state index >= 15 is 0 Å². The average molecular weight is 292 g/mol. The van der Waals surface area contributed by atoms with Crippen molar-refractivity contribution >= 4 is 5.78 Å². The van der Waals surface area contributed by atoms with Gasteiger partial charge in [0.25, 0.3) is 0 Å². The maximum Gasteiger partial charge on any atom is 0.416 e. The Balaban J connectivity index is 2.21. The lowest BCUT2D eigenvalue weighted by molar-refractivity contribution is -0.137. The Hall–Kier alpha value is -2.10. The molecule has 0 fully saturated rings. The average Bonchev–Trinajstić information content (AvgIpc) is 2.41. The molecular formula is C17H15F3O. The molecule has 0 radical (unpaired) electrons. The molecule has 0 amide bonds. The lowest BCUT2D eigenvalue weighted by Crippen LogP contribution is -2.08. The Bertz CT molecular complexity index is 672. The molecule has 4 heteroatoms. The molecule has 0 saturated carbocycles. The van der Waals surface area contributed by atoms with Crippen molar-refractivity contribution in [3.8, 4) is 0 Å². The van der Waals surface area contributed by atoms with E-state index in [9.17, 15) is 18.0 Å². The number of Topliss-reactive ketones (excluding diaryl/α,β-unsaturated/α-hetero) is 1. The molecule has 0 unspecified atom stereocenters. The number of rotatable bonds is 3. The van der Waals surface area contributed by atoms with E-state index in [0.717, 1.165) is 23.3 Å². The second kappa shape index (κ2) is 5.72. The molecule has 0 aliphatic carbocycles. The van der Waals surface area contributed by atoms with E-state index in [1.807, 2.05) is 19.9 Å². The predicted molar refractivity (Wildman–Crippen MR) is 75.4 cm³/mol. The van der Waals surface area contributed by atoms with Crippen LogP contribution in [0, 0.1) is 13.8 Å². The molecule has 0 N–H and O–H groups in total. The van der Waals surface area contributed by atoms with E-state index in [2.05, 4.69) is 0 Å². The molecule has 110 valence electrons. The number of hydrogen-bond donors (Lipinski definition) is 0. The minimum atomic E-state index is -4.39. The van der Waals surface area contributed by atoms with E-state index in [0.29, 0.717) is 11.1 Å². The fourth-order valence-corrected chi connectivity index (χ4v) is 2.06. The van der Waals surface area contributed by atoms with Crippen molar-refractivity contribution in [1.29, 1.82) is 0 Å². The summed E-state index contributed by atoms with van der Waals surface area (Å²) in [6.07, 6.45) is -4.42. The van der Waals surface area contributed by atoms with Gasteiger partial charge in [-0.15, -0.1) is 0 Å². The number of benzene rings is 2. The van der Waals surface area contributed by atoms with Crippen molar-refractivity contribution < 1.29 is 18.0 Å². The van der Waals surface area contributed by atoms with Crippen LogP contribution in [-0.4, -0.2) is 5.78 Å². The Kier molecular flexibility index (Phi) is 4.16. The summed E-state index contributed by atoms with van der Waals surface area (Å²) in [6.45, 7) is 3.84. The van der Waals surface area contributed by atoms with Crippen LogP contribution in [0.2, 0.25) is 0 Å². The summed E-state index contributed by atoms with van der Waals surface area (Å²) in [7, 11) is 0. The topological polar surface area (TPSA) is 17.1 Å². The highest BCUT2D eigenvalue weighted by Crippen LogP contribution is 2.29. The highest BCUT2D eigenvalue weighted by molar-refractivity contribution is 5.97. The first-order valence-electron chi connectivity index (χ1n) is 6.54. The maximum atomic E-state index is 12.6. The van der Waals surface area contributed by atoms with Gasteiger partial charge >= 0.3 is 6.18 Å². The van der Waals surface area contributed by atoms with E-state index in [1.165, 1.54) is 12.1 Å². The summed E-state index contributed by atoms with van der Waals surface area (Å²) in [5, 5.41) is 0. The maximum absolute atomic E-state index is 12.6. The van der Waals surface area contributed by atoms with E-state index in [-0.39, 0.29) is 12.2 Å². The van der Waals surface area contributed by atoms with Crippen LogP contribution in [0.4, 0.5) is 13.2 Å². The van der Waals surface area contributed by atoms with Gasteiger partial charge in [-0.1, -0.05) is 30.3 Å². The number of carbonyl (C=O) groups is 1. The second-order valence-electron chi connectivity index (χ2n) is 5.10. The normalized spacial score (nSPS) is 11.5. The first-order chi connectivity index (χ1) is 9.77. The minimum absolute atomic E-state index is 0.0353. The van der Waals surface area contributed by atoms with Gasteiger partial charge in [0.05, 0.1) is 5.56 Å². The lowest BCUT2D eigenvalue weighted by atomic mass is 9.98. The van der Waals surface area contributed by atoms with Gasteiger partial charge in [-0.3, -0.25) is 4.79 Å². The van der Waals surface area contributed by atoms with Crippen molar-refractivity contribution in [1.82, 2.24) is 0 Å². The number of halogens is 3. The Morgan fingerprint density at radius 1 is 1.00 bits per heavy atom. The smallest absolute Gasteiger partial charge is 0.294 e. The number of carbonyl (C=O) groups excluding carboxylic acids is 1. The Labute approximate surface area is 121 Å². The third-order valence-corrected chi connectivity index (χ3v) is 3.45. The molecule has 0 atom stereocenters. The van der Waals surface area contributed by atoms with Crippen molar-refractivity contribution in [3.05, 3.63) is 70.3 Å². The zero-order valence-corrected chi connectivity index (χ0v) is 11.8. The van der Waals surface area contributed by atoms with Gasteiger partial charge in [-0.25, -0.2) is 0 Å². The summed E-state index contributed by atoms with van der Waals surface area (Å²) in [4.78, 5) is 12.2. The summed E-state index contributed by atoms with van der Waals surface area (Å²) in [5.41, 5.74) is 2.23. The third-order valence-electron chi connectivity index (χ3n) is 3.45. The molecular weight excluding hydrogens is 277 g/mol. The summed E-state index contributed by atoms with van der Waals surface area (Å²) in [6, 6.07) is 10.2. The SMILES string of the molecule is Cc1ccc(C(=O)Cc2cccc(C(F)(F)F)c2)cc1C. The summed E-state index contributed by atoms with van der Waals surface area (Å²) < 4.78 is 37.9. The standard InChI is InChI=1S/C17H15F3O/c1-11-6-7-14(8-12(11)2)16(21)10-13-4-3-5-15(9-13)17(18,19)20/h3-9H,10H2,1-2H3. The van der Waals surface area contributed by atoms with E-state index in [1.54, 1.807) is 12.1 Å². The monoisotopic (exact) mass is 292 g/mol. The van der Waals surface area contributed by atoms with Crippen molar-refractivity contribution in [2.24, 2.45) is 0 Å². The number of hydrogen-bond acceptors (Lipinski definition) is 1. The predicted octanol–water partition coefficient (Wildman–Crippen LogP) is 4.75. The summed E-state index contributed by atoms with van der Waals surface area (Å²) in [5.74, 6) is -0.183. The third kappa shape index (κ3) is 3.72. The van der Waals surface area contributed by atoms with Crippen LogP contribution in [-0.2, 0) is 12.6 Å². The quantitative estimate of drug-likeness (QED) is 0.746. The van der Waals surface area contributed by atoms with Crippen LogP contribution < -0.4 is 0 Å². The molecule has 2 rings (SSSR count). The molecule has 0 aliphatic heterocycles. The molecule has 0 heterocycles.